The van der Waals surface area contributed by atoms with E-state index in [0.29, 0.717) is 5.92 Å². The second-order valence-electron chi connectivity index (χ2n) is 5.32. The SMILES string of the molecule is C=NCC1CCN(C(=O)OC(C)(C)C)CC1. The van der Waals surface area contributed by atoms with Crippen molar-refractivity contribution in [3.05, 3.63) is 0 Å². The Bertz CT molecular complexity index is 250. The van der Waals surface area contributed by atoms with Crippen LogP contribution in [0.25, 0.3) is 0 Å². The van der Waals surface area contributed by atoms with E-state index < -0.39 is 5.60 Å². The molecule has 0 bridgehead atoms. The van der Waals surface area contributed by atoms with Crippen molar-refractivity contribution in [2.45, 2.75) is 39.2 Å². The van der Waals surface area contributed by atoms with Gasteiger partial charge in [-0.3, -0.25) is 0 Å². The summed E-state index contributed by atoms with van der Waals surface area (Å²) in [5.41, 5.74) is -0.406. The van der Waals surface area contributed by atoms with E-state index in [2.05, 4.69) is 11.7 Å². The summed E-state index contributed by atoms with van der Waals surface area (Å²) in [7, 11) is 0. The van der Waals surface area contributed by atoms with Crippen molar-refractivity contribution in [3.8, 4) is 0 Å². The number of hydrogen-bond donors (Lipinski definition) is 0. The van der Waals surface area contributed by atoms with Crippen LogP contribution in [0, 0.1) is 5.92 Å². The van der Waals surface area contributed by atoms with Gasteiger partial charge in [0, 0.05) is 19.6 Å². The fraction of sp³-hybridized carbons (Fsp3) is 0.833. The molecule has 1 saturated heterocycles. The number of carbonyl (C=O) groups is 1. The average Bonchev–Trinajstić information content (AvgIpc) is 2.16. The molecule has 0 radical (unpaired) electrons. The van der Waals surface area contributed by atoms with Crippen molar-refractivity contribution in [2.75, 3.05) is 19.6 Å². The van der Waals surface area contributed by atoms with Crippen LogP contribution in [0.4, 0.5) is 4.79 Å². The van der Waals surface area contributed by atoms with Gasteiger partial charge < -0.3 is 14.6 Å². The van der Waals surface area contributed by atoms with Crippen LogP contribution in [0.5, 0.6) is 0 Å². The van der Waals surface area contributed by atoms with Crippen LogP contribution in [0.1, 0.15) is 33.6 Å². The smallest absolute Gasteiger partial charge is 0.410 e. The van der Waals surface area contributed by atoms with Crippen LogP contribution < -0.4 is 0 Å². The predicted octanol–water partition coefficient (Wildman–Crippen LogP) is 2.33. The monoisotopic (exact) mass is 226 g/mol. The molecule has 4 heteroatoms. The molecular formula is C12H22N2O2. The molecule has 1 rings (SSSR count). The predicted molar refractivity (Wildman–Crippen MR) is 64.9 cm³/mol. The van der Waals surface area contributed by atoms with E-state index in [4.69, 9.17) is 4.74 Å². The number of hydrogen-bond acceptors (Lipinski definition) is 3. The number of carbonyl (C=O) groups excluding carboxylic acids is 1. The summed E-state index contributed by atoms with van der Waals surface area (Å²) >= 11 is 0. The first-order chi connectivity index (χ1) is 7.42. The van der Waals surface area contributed by atoms with Gasteiger partial charge in [-0.25, -0.2) is 4.79 Å². The summed E-state index contributed by atoms with van der Waals surface area (Å²) in [6.45, 7) is 11.5. The zero-order chi connectivity index (χ0) is 12.2. The number of nitrogens with zero attached hydrogens (tertiary/aromatic N) is 2. The first-order valence-electron chi connectivity index (χ1n) is 5.83. The lowest BCUT2D eigenvalue weighted by atomic mass is 9.97. The molecule has 1 fully saturated rings. The van der Waals surface area contributed by atoms with Gasteiger partial charge in [0.15, 0.2) is 0 Å². The zero-order valence-corrected chi connectivity index (χ0v) is 10.5. The molecule has 0 aromatic heterocycles. The van der Waals surface area contributed by atoms with Crippen LogP contribution in [-0.2, 0) is 4.74 Å². The quantitative estimate of drug-likeness (QED) is 0.678. The molecule has 0 aliphatic carbocycles. The van der Waals surface area contributed by atoms with Gasteiger partial charge in [0.2, 0.25) is 0 Å². The maximum Gasteiger partial charge on any atom is 0.410 e. The molecule has 0 spiro atoms. The summed E-state index contributed by atoms with van der Waals surface area (Å²) in [6, 6.07) is 0. The first kappa shape index (κ1) is 13.0. The third-order valence-electron chi connectivity index (χ3n) is 2.65. The number of piperidine rings is 1. The zero-order valence-electron chi connectivity index (χ0n) is 10.5. The Morgan fingerprint density at radius 3 is 2.44 bits per heavy atom. The van der Waals surface area contributed by atoms with E-state index >= 15 is 0 Å². The van der Waals surface area contributed by atoms with E-state index in [1.165, 1.54) is 0 Å². The third kappa shape index (κ3) is 4.21. The number of ether oxygens (including phenoxy) is 1. The molecule has 0 aromatic carbocycles. The Labute approximate surface area is 97.7 Å². The fourth-order valence-corrected chi connectivity index (χ4v) is 1.81. The summed E-state index contributed by atoms with van der Waals surface area (Å²) < 4.78 is 5.32. The Morgan fingerprint density at radius 2 is 2.00 bits per heavy atom. The maximum absolute atomic E-state index is 11.7. The van der Waals surface area contributed by atoms with Gasteiger partial charge in [-0.15, -0.1) is 0 Å². The maximum atomic E-state index is 11.7. The van der Waals surface area contributed by atoms with E-state index in [1.807, 2.05) is 20.8 Å². The second kappa shape index (κ2) is 5.32. The Kier molecular flexibility index (Phi) is 4.33. The Morgan fingerprint density at radius 1 is 1.44 bits per heavy atom. The van der Waals surface area contributed by atoms with Crippen molar-refractivity contribution in [1.29, 1.82) is 0 Å². The van der Waals surface area contributed by atoms with Crippen LogP contribution >= 0.6 is 0 Å². The van der Waals surface area contributed by atoms with E-state index in [9.17, 15) is 4.79 Å². The highest BCUT2D eigenvalue weighted by molar-refractivity contribution is 5.68. The third-order valence-corrected chi connectivity index (χ3v) is 2.65. The molecule has 0 aromatic rings. The topological polar surface area (TPSA) is 41.9 Å². The number of amides is 1. The number of aliphatic imine (C=N–C) groups is 1. The van der Waals surface area contributed by atoms with Crippen molar-refractivity contribution >= 4 is 12.8 Å². The molecule has 0 unspecified atom stereocenters. The molecule has 0 saturated carbocycles. The van der Waals surface area contributed by atoms with Crippen molar-refractivity contribution in [1.82, 2.24) is 4.90 Å². The van der Waals surface area contributed by atoms with Gasteiger partial charge in [0.25, 0.3) is 0 Å². The normalized spacial score (nSPS) is 18.3. The van der Waals surface area contributed by atoms with Crippen LogP contribution in [0.15, 0.2) is 4.99 Å². The van der Waals surface area contributed by atoms with Gasteiger partial charge in [0.1, 0.15) is 5.60 Å². The molecule has 4 nitrogen and oxygen atoms in total. The summed E-state index contributed by atoms with van der Waals surface area (Å²) in [5.74, 6) is 0.580. The lowest BCUT2D eigenvalue weighted by molar-refractivity contribution is 0.0187. The van der Waals surface area contributed by atoms with E-state index in [0.717, 1.165) is 32.5 Å². The molecule has 1 heterocycles. The highest BCUT2D eigenvalue weighted by Crippen LogP contribution is 2.19. The van der Waals surface area contributed by atoms with E-state index in [-0.39, 0.29) is 6.09 Å². The van der Waals surface area contributed by atoms with Gasteiger partial charge in [-0.2, -0.15) is 0 Å². The summed E-state index contributed by atoms with van der Waals surface area (Å²) in [6.07, 6.45) is 1.80. The van der Waals surface area contributed by atoms with Crippen molar-refractivity contribution in [3.63, 3.8) is 0 Å². The standard InChI is InChI=1S/C12H22N2O2/c1-12(2,3)16-11(15)14-7-5-10(6-8-14)9-13-4/h10H,4-9H2,1-3H3. The molecule has 0 N–H and O–H groups in total. The number of likely N-dealkylation sites (tertiary alicyclic amines) is 1. The minimum atomic E-state index is -0.406. The highest BCUT2D eigenvalue weighted by Gasteiger charge is 2.26. The number of rotatable bonds is 2. The molecule has 1 aliphatic rings. The van der Waals surface area contributed by atoms with Gasteiger partial charge in [-0.05, 0) is 46.2 Å². The average molecular weight is 226 g/mol. The Hall–Kier alpha value is -1.06. The molecule has 0 atom stereocenters. The van der Waals surface area contributed by atoms with Crippen molar-refractivity contribution in [2.24, 2.45) is 10.9 Å². The lowest BCUT2D eigenvalue weighted by Gasteiger charge is -2.32. The lowest BCUT2D eigenvalue weighted by Crippen LogP contribution is -2.42. The first-order valence-corrected chi connectivity index (χ1v) is 5.83. The second-order valence-corrected chi connectivity index (χ2v) is 5.32. The molecule has 1 aliphatic heterocycles. The van der Waals surface area contributed by atoms with Gasteiger partial charge in [0.05, 0.1) is 0 Å². The molecular weight excluding hydrogens is 204 g/mol. The van der Waals surface area contributed by atoms with Gasteiger partial charge >= 0.3 is 6.09 Å². The Balaban J connectivity index is 2.36. The summed E-state index contributed by atoms with van der Waals surface area (Å²) in [4.78, 5) is 17.4. The van der Waals surface area contributed by atoms with Crippen LogP contribution in [0.3, 0.4) is 0 Å². The fourth-order valence-electron chi connectivity index (χ4n) is 1.81. The summed E-state index contributed by atoms with van der Waals surface area (Å²) in [5, 5.41) is 0. The largest absolute Gasteiger partial charge is 0.444 e. The minimum Gasteiger partial charge on any atom is -0.444 e. The van der Waals surface area contributed by atoms with Gasteiger partial charge in [-0.1, -0.05) is 0 Å². The minimum absolute atomic E-state index is 0.197. The van der Waals surface area contributed by atoms with Crippen LogP contribution in [0.2, 0.25) is 0 Å². The van der Waals surface area contributed by atoms with Crippen LogP contribution in [-0.4, -0.2) is 42.9 Å². The molecule has 92 valence electrons. The van der Waals surface area contributed by atoms with E-state index in [1.54, 1.807) is 4.90 Å². The molecule has 1 amide bonds. The highest BCUT2D eigenvalue weighted by atomic mass is 16.6. The molecule has 16 heavy (non-hydrogen) atoms. The van der Waals surface area contributed by atoms with Crippen molar-refractivity contribution < 1.29 is 9.53 Å².